The average molecular weight is 660 g/mol. The molecule has 0 unspecified atom stereocenters. The molecule has 0 saturated heterocycles. The molecule has 40 heavy (non-hydrogen) atoms. The van der Waals surface area contributed by atoms with Crippen LogP contribution in [0.1, 0.15) is 32.1 Å². The van der Waals surface area contributed by atoms with Gasteiger partial charge in [0.25, 0.3) is 0 Å². The summed E-state index contributed by atoms with van der Waals surface area (Å²) in [6.45, 7) is 0.425. The molecule has 1 atom stereocenters. The van der Waals surface area contributed by atoms with Crippen molar-refractivity contribution >= 4 is 155 Å². The van der Waals surface area contributed by atoms with Crippen molar-refractivity contribution in [2.45, 2.75) is 49.4 Å². The molecule has 214 valence electrons. The fourth-order valence-corrected chi connectivity index (χ4v) is 2.26. The summed E-state index contributed by atoms with van der Waals surface area (Å²) in [7, 11) is 5.66. The number of nitrogens with zero attached hydrogens (tertiary/aromatic N) is 1. The number of quaternary nitrogens is 1. The molecule has 0 heterocycles. The molecule has 0 radical (unpaired) electrons. The maximum absolute atomic E-state index is 10.1. The van der Waals surface area contributed by atoms with Crippen LogP contribution in [0.25, 0.3) is 0 Å². The zero-order chi connectivity index (χ0) is 30.4. The Kier molecular flexibility index (Phi) is 32.0. The zero-order valence-electron chi connectivity index (χ0n) is 21.9. The van der Waals surface area contributed by atoms with Gasteiger partial charge in [0.1, 0.15) is 23.9 Å². The van der Waals surface area contributed by atoms with Gasteiger partial charge in [-0.1, -0.05) is 0 Å². The number of carbonyl (C=O) groups excluding carboxylic acids is 7. The molecule has 0 fully saturated rings. The fraction of sp³-hybridized carbons (Fsp3) is 0.632. The number of aliphatic hydroxyl groups excluding tert-OH is 1. The molecule has 0 aromatic rings. The number of aliphatic hydroxyl groups is 3. The first kappa shape index (κ1) is 52.5. The quantitative estimate of drug-likeness (QED) is 0.115. The number of likely N-dealkylation sites (N-methyl/N-ethyl adjacent to an activating group) is 1. The standard InChI is InChI=1S/C7H15NO3.2C6H8O7.3Ca/c1-8(2,3)5-6(9)4-7(10)11;2*7-3(8)1-6(13,5(11)12)2-4(9)10;;;/h6,9H,4-5H2,1-3H3;2*13H,1-2H2,(H,7,8)(H,9,10)(H,11,12);;;/q;;;3*+2/p-6/t6-;;;;;/m1...../s1. The first-order valence-corrected chi connectivity index (χ1v) is 9.72. The molecule has 21 heteroatoms. The third-order valence-corrected chi connectivity index (χ3v) is 3.67. The SMILES string of the molecule is C[N+](C)(C)C[C@H](O)CC(=O)[O-].O=C([O-])CC(O)(CC(=O)[O-])C(=O)[O-].O=C([O-])CC(O)(CC(=O)[O-])C(=O)[O-].[Ca+2].[Ca+2].[Ca+2]. The van der Waals surface area contributed by atoms with E-state index in [1.54, 1.807) is 0 Å². The van der Waals surface area contributed by atoms with Crippen LogP contribution < -0.4 is 35.7 Å². The molecular weight excluding hydrogens is 634 g/mol. The minimum Gasteiger partial charge on any atom is -0.550 e. The van der Waals surface area contributed by atoms with Crippen molar-refractivity contribution < 1.29 is 89.1 Å². The summed E-state index contributed by atoms with van der Waals surface area (Å²) in [5.41, 5.74) is -5.95. The van der Waals surface area contributed by atoms with Crippen LogP contribution in [0.5, 0.6) is 0 Å². The molecule has 0 bridgehead atoms. The van der Waals surface area contributed by atoms with Crippen molar-refractivity contribution in [3.05, 3.63) is 0 Å². The van der Waals surface area contributed by atoms with Crippen LogP contribution in [-0.2, 0) is 33.6 Å². The molecule has 0 aliphatic heterocycles. The van der Waals surface area contributed by atoms with Crippen molar-refractivity contribution in [2.75, 3.05) is 27.7 Å². The first-order valence-electron chi connectivity index (χ1n) is 9.72. The zero-order valence-corrected chi connectivity index (χ0v) is 28.6. The number of hydrogen-bond acceptors (Lipinski definition) is 17. The van der Waals surface area contributed by atoms with Crippen molar-refractivity contribution in [1.82, 2.24) is 0 Å². The van der Waals surface area contributed by atoms with Gasteiger partial charge in [-0.15, -0.1) is 0 Å². The Morgan fingerprint density at radius 2 is 0.800 bits per heavy atom. The number of hydrogen-bond donors (Lipinski definition) is 3. The number of aliphatic carboxylic acids is 7. The molecule has 0 aromatic carbocycles. The number of carboxylic acid groups (broad SMARTS) is 7. The second-order valence-corrected chi connectivity index (χ2v) is 8.54. The fourth-order valence-electron chi connectivity index (χ4n) is 2.26. The van der Waals surface area contributed by atoms with E-state index in [0.717, 1.165) is 0 Å². The van der Waals surface area contributed by atoms with Crippen LogP contribution in [0.4, 0.5) is 0 Å². The largest absolute Gasteiger partial charge is 2.00 e. The Balaban J connectivity index is -0.000000105. The Labute approximate surface area is 317 Å². The Bertz CT molecular complexity index is 775. The Hall–Kier alpha value is -0.0908. The van der Waals surface area contributed by atoms with Gasteiger partial charge >= 0.3 is 113 Å². The van der Waals surface area contributed by atoms with Crippen LogP contribution in [0, 0.1) is 0 Å². The van der Waals surface area contributed by atoms with Crippen molar-refractivity contribution in [1.29, 1.82) is 0 Å². The second-order valence-electron chi connectivity index (χ2n) is 8.54. The van der Waals surface area contributed by atoms with E-state index in [-0.39, 0.29) is 120 Å². The summed E-state index contributed by atoms with van der Waals surface area (Å²) < 4.78 is 0.550. The van der Waals surface area contributed by atoms with Gasteiger partial charge in [0.2, 0.25) is 0 Å². The van der Waals surface area contributed by atoms with Gasteiger partial charge < -0.3 is 89.1 Å². The number of carbonyl (C=O) groups is 7. The molecule has 0 saturated carbocycles. The van der Waals surface area contributed by atoms with Gasteiger partial charge in [-0.2, -0.15) is 0 Å². The summed E-state index contributed by atoms with van der Waals surface area (Å²) in [4.78, 5) is 70.0. The predicted octanol–water partition coefficient (Wildman–Crippen LogP) is -13.5. The maximum Gasteiger partial charge on any atom is 2.00 e. The van der Waals surface area contributed by atoms with Crippen LogP contribution in [0.2, 0.25) is 0 Å². The second kappa shape index (κ2) is 24.4. The molecule has 0 aromatic heterocycles. The van der Waals surface area contributed by atoms with Crippen molar-refractivity contribution in [3.8, 4) is 0 Å². The van der Waals surface area contributed by atoms with Crippen LogP contribution >= 0.6 is 0 Å². The maximum atomic E-state index is 10.1. The van der Waals surface area contributed by atoms with Gasteiger partial charge in [0, 0.05) is 62.0 Å². The third kappa shape index (κ3) is 30.9. The Morgan fingerprint density at radius 3 is 0.925 bits per heavy atom. The van der Waals surface area contributed by atoms with E-state index in [2.05, 4.69) is 0 Å². The number of carboxylic acids is 7. The van der Waals surface area contributed by atoms with E-state index in [0.29, 0.717) is 11.0 Å². The van der Waals surface area contributed by atoms with Gasteiger partial charge in [-0.05, 0) is 0 Å². The van der Waals surface area contributed by atoms with Gasteiger partial charge in [-0.3, -0.25) is 0 Å². The number of rotatable bonds is 14. The molecule has 0 aliphatic carbocycles. The third-order valence-electron chi connectivity index (χ3n) is 3.67. The van der Waals surface area contributed by atoms with E-state index in [1.165, 1.54) is 0 Å². The van der Waals surface area contributed by atoms with Gasteiger partial charge in [-0.25, -0.2) is 0 Å². The van der Waals surface area contributed by atoms with Gasteiger partial charge in [0.05, 0.1) is 33.1 Å². The molecule has 0 amide bonds. The summed E-state index contributed by atoms with van der Waals surface area (Å²) in [6.07, 6.45) is -6.52. The topological polar surface area (TPSA) is 342 Å². The minimum absolute atomic E-state index is 0. The van der Waals surface area contributed by atoms with Crippen molar-refractivity contribution in [2.24, 2.45) is 0 Å². The van der Waals surface area contributed by atoms with E-state index in [1.807, 2.05) is 21.1 Å². The molecule has 18 nitrogen and oxygen atoms in total. The monoisotopic (exact) mass is 659 g/mol. The average Bonchev–Trinajstić information content (AvgIpc) is 2.57. The first-order chi connectivity index (χ1) is 16.4. The summed E-state index contributed by atoms with van der Waals surface area (Å²) in [5.74, 6) is -13.2. The summed E-state index contributed by atoms with van der Waals surface area (Å²) in [5, 5.41) is 97.0. The van der Waals surface area contributed by atoms with Crippen LogP contribution in [-0.4, -0.2) is 220 Å². The molecule has 0 spiro atoms. The van der Waals surface area contributed by atoms with Crippen LogP contribution in [0.15, 0.2) is 0 Å². The molecule has 0 aliphatic rings. The molecule has 0 rings (SSSR count). The molecular formula is C19H25Ca3NO17. The summed E-state index contributed by atoms with van der Waals surface area (Å²) >= 11 is 0. The smallest absolute Gasteiger partial charge is 0.550 e. The van der Waals surface area contributed by atoms with Gasteiger partial charge in [0.15, 0.2) is 0 Å². The van der Waals surface area contributed by atoms with E-state index in [4.69, 9.17) is 15.3 Å². The minimum atomic E-state index is -2.97. The predicted molar refractivity (Wildman–Crippen MR) is 114 cm³/mol. The van der Waals surface area contributed by atoms with E-state index in [9.17, 15) is 69.3 Å². The van der Waals surface area contributed by atoms with E-state index >= 15 is 0 Å². The van der Waals surface area contributed by atoms with E-state index < -0.39 is 84.8 Å². The van der Waals surface area contributed by atoms with Crippen LogP contribution in [0.3, 0.4) is 0 Å². The van der Waals surface area contributed by atoms with Crippen molar-refractivity contribution in [3.63, 3.8) is 0 Å². The Morgan fingerprint density at radius 1 is 0.575 bits per heavy atom. The normalized spacial score (nSPS) is 11.1. The molecule has 3 N–H and O–H groups in total. The summed E-state index contributed by atoms with van der Waals surface area (Å²) in [6, 6.07) is 0.